The molecule has 0 aliphatic carbocycles. The highest BCUT2D eigenvalue weighted by Crippen LogP contribution is 2.48. The Hall–Kier alpha value is -0.280. The zero-order chi connectivity index (χ0) is 15.0. The van der Waals surface area contributed by atoms with Crippen molar-refractivity contribution in [3.8, 4) is 0 Å². The highest BCUT2D eigenvalue weighted by molar-refractivity contribution is 5.07. The smallest absolute Gasteiger partial charge is 0.187 e. The summed E-state index contributed by atoms with van der Waals surface area (Å²) in [6.07, 6.45) is -2.22. The van der Waals surface area contributed by atoms with Gasteiger partial charge in [0.2, 0.25) is 0 Å². The van der Waals surface area contributed by atoms with Crippen LogP contribution in [0.3, 0.4) is 0 Å². The van der Waals surface area contributed by atoms with E-state index >= 15 is 0 Å². The summed E-state index contributed by atoms with van der Waals surface area (Å²) in [6, 6.07) is 0. The van der Waals surface area contributed by atoms with E-state index in [0.717, 1.165) is 0 Å². The SMILES string of the molecule is CC1(C)O[C@@H]2[C@@H]3O[C@@H](O[C@H]3[C@H]3OC(C)(C)O[C@@H]3CO)[C@@H]2O1. The van der Waals surface area contributed by atoms with Crippen molar-refractivity contribution < 1.29 is 33.5 Å². The number of ether oxygens (including phenoxy) is 6. The molecular formula is C14H22O7. The zero-order valence-corrected chi connectivity index (χ0v) is 12.6. The monoisotopic (exact) mass is 302 g/mol. The van der Waals surface area contributed by atoms with Crippen LogP contribution in [0.5, 0.6) is 0 Å². The lowest BCUT2D eigenvalue weighted by Gasteiger charge is -2.31. The molecule has 1 N–H and O–H groups in total. The fourth-order valence-electron chi connectivity index (χ4n) is 3.74. The first-order chi connectivity index (χ1) is 9.80. The van der Waals surface area contributed by atoms with E-state index in [1.807, 2.05) is 27.7 Å². The second-order valence-electron chi connectivity index (χ2n) is 6.96. The van der Waals surface area contributed by atoms with Gasteiger partial charge in [-0.25, -0.2) is 0 Å². The van der Waals surface area contributed by atoms with Crippen LogP contribution >= 0.6 is 0 Å². The minimum atomic E-state index is -0.741. The molecule has 4 aliphatic rings. The molecule has 0 aromatic heterocycles. The van der Waals surface area contributed by atoms with Gasteiger partial charge in [-0.3, -0.25) is 0 Å². The van der Waals surface area contributed by atoms with Gasteiger partial charge in [-0.2, -0.15) is 0 Å². The van der Waals surface area contributed by atoms with E-state index < -0.39 is 24.0 Å². The van der Waals surface area contributed by atoms with Gasteiger partial charge in [-0.05, 0) is 27.7 Å². The lowest BCUT2D eigenvalue weighted by molar-refractivity contribution is -0.196. The number of aliphatic hydroxyl groups excluding tert-OH is 1. The van der Waals surface area contributed by atoms with E-state index in [2.05, 4.69) is 0 Å². The normalized spacial score (nSPS) is 53.3. The van der Waals surface area contributed by atoms with Crippen LogP contribution in [0.15, 0.2) is 0 Å². The zero-order valence-electron chi connectivity index (χ0n) is 12.6. The first-order valence-electron chi connectivity index (χ1n) is 7.43. The fourth-order valence-corrected chi connectivity index (χ4v) is 3.74. The number of hydrogen-bond acceptors (Lipinski definition) is 7. The Morgan fingerprint density at radius 2 is 1.24 bits per heavy atom. The number of fused-ring (bicyclic) bond motifs is 5. The van der Waals surface area contributed by atoms with Gasteiger partial charge in [0, 0.05) is 0 Å². The van der Waals surface area contributed by atoms with Gasteiger partial charge in [-0.1, -0.05) is 0 Å². The van der Waals surface area contributed by atoms with Crippen LogP contribution in [-0.4, -0.2) is 66.2 Å². The summed E-state index contributed by atoms with van der Waals surface area (Å²) < 4.78 is 35.1. The molecule has 0 aromatic carbocycles. The van der Waals surface area contributed by atoms with Gasteiger partial charge in [0.25, 0.3) is 0 Å². The van der Waals surface area contributed by atoms with Crippen molar-refractivity contribution in [3.63, 3.8) is 0 Å². The van der Waals surface area contributed by atoms with Gasteiger partial charge >= 0.3 is 0 Å². The van der Waals surface area contributed by atoms with E-state index in [1.54, 1.807) is 0 Å². The van der Waals surface area contributed by atoms with E-state index in [9.17, 15) is 5.11 Å². The molecule has 4 rings (SSSR count). The van der Waals surface area contributed by atoms with Gasteiger partial charge < -0.3 is 33.5 Å². The maximum atomic E-state index is 9.51. The molecule has 21 heavy (non-hydrogen) atoms. The molecule has 2 bridgehead atoms. The molecule has 0 unspecified atom stereocenters. The molecule has 7 heteroatoms. The van der Waals surface area contributed by atoms with Crippen molar-refractivity contribution in [2.75, 3.05) is 6.61 Å². The maximum absolute atomic E-state index is 9.51. The van der Waals surface area contributed by atoms with Crippen molar-refractivity contribution >= 4 is 0 Å². The molecule has 120 valence electrons. The summed E-state index contributed by atoms with van der Waals surface area (Å²) in [7, 11) is 0. The summed E-state index contributed by atoms with van der Waals surface area (Å²) in [4.78, 5) is 0. The Balaban J connectivity index is 1.54. The second kappa shape index (κ2) is 4.38. The van der Waals surface area contributed by atoms with E-state index in [-0.39, 0.29) is 37.1 Å². The van der Waals surface area contributed by atoms with Crippen LogP contribution in [0, 0.1) is 0 Å². The average molecular weight is 302 g/mol. The van der Waals surface area contributed by atoms with Crippen molar-refractivity contribution in [1.82, 2.24) is 0 Å². The lowest BCUT2D eigenvalue weighted by atomic mass is 9.96. The first kappa shape index (κ1) is 14.3. The van der Waals surface area contributed by atoms with E-state index in [1.165, 1.54) is 0 Å². The van der Waals surface area contributed by atoms with Crippen LogP contribution in [0.1, 0.15) is 27.7 Å². The highest BCUT2D eigenvalue weighted by atomic mass is 16.8. The molecule has 4 aliphatic heterocycles. The van der Waals surface area contributed by atoms with Crippen LogP contribution in [0.2, 0.25) is 0 Å². The Labute approximate surface area is 123 Å². The molecule has 0 radical (unpaired) electrons. The summed E-state index contributed by atoms with van der Waals surface area (Å²) in [5.41, 5.74) is 0. The molecule has 0 aromatic rings. The predicted octanol–water partition coefficient (Wildman–Crippen LogP) is 0.143. The summed E-state index contributed by atoms with van der Waals surface area (Å²) in [5.74, 6) is -1.37. The summed E-state index contributed by atoms with van der Waals surface area (Å²) in [5, 5.41) is 9.51. The third kappa shape index (κ3) is 2.15. The number of aliphatic hydroxyl groups is 1. The van der Waals surface area contributed by atoms with Crippen molar-refractivity contribution in [3.05, 3.63) is 0 Å². The minimum Gasteiger partial charge on any atom is -0.394 e. The maximum Gasteiger partial charge on any atom is 0.187 e. The number of hydrogen-bond donors (Lipinski definition) is 1. The van der Waals surface area contributed by atoms with Crippen molar-refractivity contribution in [1.29, 1.82) is 0 Å². The Morgan fingerprint density at radius 1 is 0.714 bits per heavy atom. The third-order valence-corrected chi connectivity index (χ3v) is 4.39. The Kier molecular flexibility index (Phi) is 2.99. The second-order valence-corrected chi connectivity index (χ2v) is 6.96. The first-order valence-corrected chi connectivity index (χ1v) is 7.43. The largest absolute Gasteiger partial charge is 0.394 e. The molecular weight excluding hydrogens is 280 g/mol. The van der Waals surface area contributed by atoms with Gasteiger partial charge in [-0.15, -0.1) is 0 Å². The van der Waals surface area contributed by atoms with Crippen LogP contribution in [0.25, 0.3) is 0 Å². The Bertz CT molecular complexity index is 437. The van der Waals surface area contributed by atoms with Crippen LogP contribution in [0.4, 0.5) is 0 Å². The third-order valence-electron chi connectivity index (χ3n) is 4.39. The predicted molar refractivity (Wildman–Crippen MR) is 68.3 cm³/mol. The van der Waals surface area contributed by atoms with Gasteiger partial charge in [0.1, 0.15) is 36.6 Å². The van der Waals surface area contributed by atoms with Crippen LogP contribution in [-0.2, 0) is 28.4 Å². The lowest BCUT2D eigenvalue weighted by Crippen LogP contribution is -2.52. The van der Waals surface area contributed by atoms with E-state index in [4.69, 9.17) is 28.4 Å². The van der Waals surface area contributed by atoms with Crippen molar-refractivity contribution in [2.24, 2.45) is 0 Å². The Morgan fingerprint density at radius 3 is 1.90 bits per heavy atom. The number of rotatable bonds is 2. The molecule has 7 atom stereocenters. The van der Waals surface area contributed by atoms with Crippen molar-refractivity contribution in [2.45, 2.75) is 82.2 Å². The molecule has 4 heterocycles. The molecule has 7 nitrogen and oxygen atoms in total. The fraction of sp³-hybridized carbons (Fsp3) is 1.00. The standard InChI is InChI=1S/C14H22O7/c1-13(2)18-6(5-15)7(19-13)8-9-10-11(12(16-8)17-9)21-14(3,4)20-10/h6-12,15H,5H2,1-4H3/t6-,7+,8+,9-,10-,11-,12-/m1/s1. The summed E-state index contributed by atoms with van der Waals surface area (Å²) >= 11 is 0. The average Bonchev–Trinajstić information content (AvgIpc) is 3.06. The van der Waals surface area contributed by atoms with E-state index in [0.29, 0.717) is 0 Å². The summed E-state index contributed by atoms with van der Waals surface area (Å²) in [6.45, 7) is 7.29. The topological polar surface area (TPSA) is 75.6 Å². The molecule has 0 amide bonds. The molecule has 0 saturated carbocycles. The molecule has 0 spiro atoms. The van der Waals surface area contributed by atoms with Crippen LogP contribution < -0.4 is 0 Å². The highest BCUT2D eigenvalue weighted by Gasteiger charge is 2.66. The van der Waals surface area contributed by atoms with Gasteiger partial charge in [0.15, 0.2) is 17.9 Å². The molecule has 4 saturated heterocycles. The minimum absolute atomic E-state index is 0.123. The van der Waals surface area contributed by atoms with Gasteiger partial charge in [0.05, 0.1) is 6.61 Å². The molecule has 4 fully saturated rings. The quantitative estimate of drug-likeness (QED) is 0.777.